The number of pyridine rings is 2. The second-order valence-electron chi connectivity index (χ2n) is 6.74. The first-order valence-corrected chi connectivity index (χ1v) is 9.28. The lowest BCUT2D eigenvalue weighted by Crippen LogP contribution is -2.20. The number of halogens is 2. The van der Waals surface area contributed by atoms with E-state index in [9.17, 15) is 9.18 Å². The number of hydrogen-bond donors (Lipinski definition) is 0. The van der Waals surface area contributed by atoms with E-state index in [-0.39, 0.29) is 10.7 Å². The number of hydrogen-bond acceptors (Lipinski definition) is 3. The van der Waals surface area contributed by atoms with Crippen LogP contribution in [0.2, 0.25) is 5.02 Å². The molecule has 0 amide bonds. The summed E-state index contributed by atoms with van der Waals surface area (Å²) in [6.07, 6.45) is 5.18. The lowest BCUT2D eigenvalue weighted by Gasteiger charge is -2.08. The Morgan fingerprint density at radius 2 is 1.90 bits per heavy atom. The lowest BCUT2D eigenvalue weighted by molar-refractivity contribution is 0.627. The summed E-state index contributed by atoms with van der Waals surface area (Å²) in [7, 11) is 1.69. The molecule has 3 heterocycles. The second-order valence-corrected chi connectivity index (χ2v) is 7.15. The summed E-state index contributed by atoms with van der Waals surface area (Å²) >= 11 is 5.98. The minimum absolute atomic E-state index is 0.0409. The molecule has 0 saturated heterocycles. The highest BCUT2D eigenvalue weighted by atomic mass is 35.5. The SMILES string of the molecule is Cn1c(=O)n(-c2ccc(F)c(Cl)c2)c2c3cc(-c4cccnc4)ccc3ncc21. The fraction of sp³-hybridized carbons (Fsp3) is 0.0455. The Morgan fingerprint density at radius 3 is 2.66 bits per heavy atom. The molecule has 0 unspecified atom stereocenters. The van der Waals surface area contributed by atoms with Gasteiger partial charge in [0.1, 0.15) is 5.82 Å². The van der Waals surface area contributed by atoms with Crippen LogP contribution in [0.15, 0.2) is 71.9 Å². The fourth-order valence-corrected chi connectivity index (χ4v) is 3.75. The van der Waals surface area contributed by atoms with Crippen molar-refractivity contribution >= 4 is 33.5 Å². The zero-order chi connectivity index (χ0) is 20.1. The summed E-state index contributed by atoms with van der Waals surface area (Å²) in [5.41, 5.74) is 4.26. The summed E-state index contributed by atoms with van der Waals surface area (Å²) in [5, 5.41) is 0.766. The van der Waals surface area contributed by atoms with E-state index in [1.807, 2.05) is 30.3 Å². The first-order chi connectivity index (χ1) is 14.0. The minimum Gasteiger partial charge on any atom is -0.293 e. The predicted octanol–water partition coefficient (Wildman–Crippen LogP) is 4.73. The molecule has 5 aromatic rings. The van der Waals surface area contributed by atoms with Crippen LogP contribution in [-0.2, 0) is 7.05 Å². The summed E-state index contributed by atoms with van der Waals surface area (Å²) in [6.45, 7) is 0. The molecule has 142 valence electrons. The standard InChI is InChI=1S/C22H14ClFN4O/c1-27-20-12-26-19-7-4-13(14-3-2-8-25-11-14)9-16(19)21(20)28(22(27)29)15-5-6-18(24)17(23)10-15/h2-12H,1H3. The molecule has 0 spiro atoms. The summed E-state index contributed by atoms with van der Waals surface area (Å²) in [4.78, 5) is 21.7. The molecular weight excluding hydrogens is 391 g/mol. The van der Waals surface area contributed by atoms with E-state index in [1.54, 1.807) is 31.7 Å². The number of aromatic nitrogens is 4. The van der Waals surface area contributed by atoms with Crippen molar-refractivity contribution in [2.75, 3.05) is 0 Å². The maximum Gasteiger partial charge on any atom is 0.333 e. The van der Waals surface area contributed by atoms with E-state index in [0.29, 0.717) is 16.7 Å². The van der Waals surface area contributed by atoms with E-state index in [0.717, 1.165) is 22.0 Å². The molecule has 0 radical (unpaired) electrons. The third-order valence-corrected chi connectivity index (χ3v) is 5.33. The maximum absolute atomic E-state index is 13.7. The molecule has 0 aliphatic rings. The van der Waals surface area contributed by atoms with E-state index in [1.165, 1.54) is 21.3 Å². The second kappa shape index (κ2) is 6.53. The van der Waals surface area contributed by atoms with Crippen LogP contribution >= 0.6 is 11.6 Å². The Bertz CT molecular complexity index is 1460. The largest absolute Gasteiger partial charge is 0.333 e. The normalized spacial score (nSPS) is 11.4. The first kappa shape index (κ1) is 17.6. The van der Waals surface area contributed by atoms with Crippen molar-refractivity contribution in [3.63, 3.8) is 0 Å². The Kier molecular flexibility index (Phi) is 3.96. The van der Waals surface area contributed by atoms with Gasteiger partial charge < -0.3 is 0 Å². The van der Waals surface area contributed by atoms with Crippen LogP contribution in [0.25, 0.3) is 38.8 Å². The Labute approximate surface area is 169 Å². The van der Waals surface area contributed by atoms with Crippen molar-refractivity contribution in [1.82, 2.24) is 19.1 Å². The van der Waals surface area contributed by atoms with E-state index >= 15 is 0 Å². The molecule has 7 heteroatoms. The molecule has 0 saturated carbocycles. The Balaban J connectivity index is 1.89. The lowest BCUT2D eigenvalue weighted by atomic mass is 10.0. The van der Waals surface area contributed by atoms with Gasteiger partial charge in [-0.15, -0.1) is 0 Å². The zero-order valence-electron chi connectivity index (χ0n) is 15.3. The third-order valence-electron chi connectivity index (χ3n) is 5.04. The van der Waals surface area contributed by atoms with E-state index < -0.39 is 5.82 Å². The summed E-state index contributed by atoms with van der Waals surface area (Å²) in [5.74, 6) is -0.533. The van der Waals surface area contributed by atoms with Gasteiger partial charge in [0.25, 0.3) is 0 Å². The Hall–Kier alpha value is -3.51. The molecule has 0 atom stereocenters. The highest BCUT2D eigenvalue weighted by Crippen LogP contribution is 2.30. The van der Waals surface area contributed by atoms with Gasteiger partial charge in [-0.1, -0.05) is 23.7 Å². The van der Waals surface area contributed by atoms with Gasteiger partial charge >= 0.3 is 5.69 Å². The van der Waals surface area contributed by atoms with Crippen LogP contribution < -0.4 is 5.69 Å². The van der Waals surface area contributed by atoms with Crippen LogP contribution in [0.3, 0.4) is 0 Å². The van der Waals surface area contributed by atoms with Crippen molar-refractivity contribution < 1.29 is 4.39 Å². The topological polar surface area (TPSA) is 52.7 Å². The average molecular weight is 405 g/mol. The number of nitrogens with zero attached hydrogens (tertiary/aromatic N) is 4. The molecular formula is C22H14ClFN4O. The first-order valence-electron chi connectivity index (χ1n) is 8.90. The van der Waals surface area contributed by atoms with E-state index in [4.69, 9.17) is 11.6 Å². The molecule has 0 N–H and O–H groups in total. The van der Waals surface area contributed by atoms with Gasteiger partial charge in [0.15, 0.2) is 0 Å². The monoisotopic (exact) mass is 404 g/mol. The van der Waals surface area contributed by atoms with Gasteiger partial charge in [-0.3, -0.25) is 19.1 Å². The number of rotatable bonds is 2. The molecule has 29 heavy (non-hydrogen) atoms. The molecule has 0 aliphatic heterocycles. The third kappa shape index (κ3) is 2.72. The molecule has 0 aliphatic carbocycles. The molecule has 2 aromatic carbocycles. The number of fused-ring (bicyclic) bond motifs is 3. The molecule has 0 bridgehead atoms. The van der Waals surface area contributed by atoms with Gasteiger partial charge in [-0.2, -0.15) is 0 Å². The number of aryl methyl sites for hydroxylation is 1. The van der Waals surface area contributed by atoms with Gasteiger partial charge in [-0.25, -0.2) is 9.18 Å². The smallest absolute Gasteiger partial charge is 0.293 e. The van der Waals surface area contributed by atoms with Gasteiger partial charge in [-0.05, 0) is 42.0 Å². The van der Waals surface area contributed by atoms with Crippen LogP contribution in [-0.4, -0.2) is 19.1 Å². The van der Waals surface area contributed by atoms with Gasteiger partial charge in [0.05, 0.1) is 33.5 Å². The minimum atomic E-state index is -0.533. The average Bonchev–Trinajstić information content (AvgIpc) is 3.01. The molecule has 3 aromatic heterocycles. The van der Waals surface area contributed by atoms with E-state index in [2.05, 4.69) is 9.97 Å². The summed E-state index contributed by atoms with van der Waals surface area (Å²) < 4.78 is 16.8. The van der Waals surface area contributed by atoms with Crippen molar-refractivity contribution in [2.24, 2.45) is 7.05 Å². The predicted molar refractivity (Wildman–Crippen MR) is 112 cm³/mol. The van der Waals surface area contributed by atoms with Gasteiger partial charge in [0.2, 0.25) is 0 Å². The molecule has 0 fully saturated rings. The molecule has 5 rings (SSSR count). The van der Waals surface area contributed by atoms with Crippen LogP contribution in [0.4, 0.5) is 4.39 Å². The fourth-order valence-electron chi connectivity index (χ4n) is 3.57. The van der Waals surface area contributed by atoms with Crippen LogP contribution in [0.5, 0.6) is 0 Å². The van der Waals surface area contributed by atoms with Crippen LogP contribution in [0, 0.1) is 5.82 Å². The number of imidazole rings is 1. The zero-order valence-corrected chi connectivity index (χ0v) is 16.1. The molecule has 5 nitrogen and oxygen atoms in total. The van der Waals surface area contributed by atoms with Crippen molar-refractivity contribution in [1.29, 1.82) is 0 Å². The van der Waals surface area contributed by atoms with Crippen molar-refractivity contribution in [3.8, 4) is 16.8 Å². The van der Waals surface area contributed by atoms with Crippen molar-refractivity contribution in [2.45, 2.75) is 0 Å². The highest BCUT2D eigenvalue weighted by molar-refractivity contribution is 6.30. The summed E-state index contributed by atoms with van der Waals surface area (Å²) in [6, 6.07) is 14.0. The van der Waals surface area contributed by atoms with Gasteiger partial charge in [0, 0.05) is 30.4 Å². The van der Waals surface area contributed by atoms with Crippen molar-refractivity contribution in [3.05, 3.63) is 88.4 Å². The highest BCUT2D eigenvalue weighted by Gasteiger charge is 2.17. The van der Waals surface area contributed by atoms with Crippen LogP contribution in [0.1, 0.15) is 0 Å². The Morgan fingerprint density at radius 1 is 1.03 bits per heavy atom. The maximum atomic E-state index is 13.7. The quantitative estimate of drug-likeness (QED) is 0.427. The number of benzene rings is 2.